The van der Waals surface area contributed by atoms with E-state index in [-0.39, 0.29) is 11.5 Å². The summed E-state index contributed by atoms with van der Waals surface area (Å²) in [5, 5.41) is 5.26. The van der Waals surface area contributed by atoms with Gasteiger partial charge in [-0.1, -0.05) is 83.1 Å². The van der Waals surface area contributed by atoms with Crippen molar-refractivity contribution in [2.24, 2.45) is 0 Å². The molecule has 0 spiro atoms. The van der Waals surface area contributed by atoms with Crippen LogP contribution in [0.5, 0.6) is 0 Å². The minimum Gasteiger partial charge on any atom is -0.303 e. The van der Waals surface area contributed by atoms with Crippen molar-refractivity contribution in [2.75, 3.05) is 4.90 Å². The number of nitrogens with zero attached hydrogens (tertiary/aromatic N) is 4. The lowest BCUT2D eigenvalue weighted by Gasteiger charge is -2.17. The molecule has 0 saturated heterocycles. The first-order chi connectivity index (χ1) is 16.5. The Bertz CT molecular complexity index is 1710. The number of fused-ring (bicyclic) bond motifs is 2. The van der Waals surface area contributed by atoms with Crippen molar-refractivity contribution in [3.63, 3.8) is 0 Å². The van der Waals surface area contributed by atoms with Gasteiger partial charge in [-0.15, -0.1) is 5.10 Å². The van der Waals surface area contributed by atoms with E-state index in [4.69, 9.17) is 23.2 Å². The number of thiazole rings is 1. The van der Waals surface area contributed by atoms with Gasteiger partial charge in [0.25, 0.3) is 11.5 Å². The van der Waals surface area contributed by atoms with Gasteiger partial charge in [-0.3, -0.25) is 9.59 Å². The lowest BCUT2D eigenvalue weighted by atomic mass is 10.1. The molecule has 1 amide bonds. The number of hydrogen-bond donors (Lipinski definition) is 0. The number of rotatable bonds is 3. The fourth-order valence-electron chi connectivity index (χ4n) is 4.09. The van der Waals surface area contributed by atoms with Crippen LogP contribution < -0.4 is 15.0 Å². The molecule has 6 nitrogen and oxygen atoms in total. The Hall–Kier alpha value is -3.52. The highest BCUT2D eigenvalue weighted by Crippen LogP contribution is 2.36. The fraction of sp³-hybridized carbons (Fsp3) is 0.0400. The Morgan fingerprint density at radius 3 is 2.41 bits per heavy atom. The number of carbonyl (C=O) groups is 1. The fourth-order valence-corrected chi connectivity index (χ4v) is 5.58. The molecule has 0 N–H and O–H groups in total. The van der Waals surface area contributed by atoms with Crippen molar-refractivity contribution in [3.8, 4) is 11.4 Å². The normalized spacial score (nSPS) is 14.8. The van der Waals surface area contributed by atoms with Crippen molar-refractivity contribution in [1.29, 1.82) is 0 Å². The summed E-state index contributed by atoms with van der Waals surface area (Å²) < 4.78 is 1.54. The Kier molecular flexibility index (Phi) is 4.99. The van der Waals surface area contributed by atoms with Crippen LogP contribution in [0.4, 0.5) is 5.69 Å². The van der Waals surface area contributed by atoms with Gasteiger partial charge in [0.05, 0.1) is 22.8 Å². The van der Waals surface area contributed by atoms with E-state index in [1.54, 1.807) is 23.1 Å². The van der Waals surface area contributed by atoms with Gasteiger partial charge >= 0.3 is 0 Å². The van der Waals surface area contributed by atoms with Crippen LogP contribution in [0, 0.1) is 0 Å². The monoisotopic (exact) mass is 504 g/mol. The largest absolute Gasteiger partial charge is 0.303 e. The lowest BCUT2D eigenvalue weighted by Crippen LogP contribution is -2.32. The summed E-state index contributed by atoms with van der Waals surface area (Å²) >= 11 is 13.4. The van der Waals surface area contributed by atoms with Crippen molar-refractivity contribution < 1.29 is 4.79 Å². The van der Waals surface area contributed by atoms with Gasteiger partial charge < -0.3 is 4.90 Å². The zero-order valence-corrected chi connectivity index (χ0v) is 19.7. The lowest BCUT2D eigenvalue weighted by molar-refractivity contribution is -0.113. The van der Waals surface area contributed by atoms with Gasteiger partial charge in [-0.05, 0) is 29.8 Å². The van der Waals surface area contributed by atoms with Crippen LogP contribution in [0.25, 0.3) is 21.9 Å². The minimum absolute atomic E-state index is 0.215. The first-order valence-corrected chi connectivity index (χ1v) is 11.9. The second-order valence-electron chi connectivity index (χ2n) is 7.76. The third kappa shape index (κ3) is 3.32. The van der Waals surface area contributed by atoms with Gasteiger partial charge in [-0.2, -0.15) is 9.50 Å². The van der Waals surface area contributed by atoms with Gasteiger partial charge in [0.1, 0.15) is 4.53 Å². The van der Waals surface area contributed by atoms with Gasteiger partial charge in [-0.25, -0.2) is 0 Å². The average Bonchev–Trinajstić information content (AvgIpc) is 3.46. The molecule has 5 aromatic rings. The molecule has 0 saturated carbocycles. The second-order valence-corrected chi connectivity index (χ2v) is 9.58. The number of hydrogen-bond acceptors (Lipinski definition) is 5. The van der Waals surface area contributed by atoms with Crippen molar-refractivity contribution in [3.05, 3.63) is 109 Å². The molecule has 3 aromatic carbocycles. The number of amides is 1. The quantitative estimate of drug-likeness (QED) is 0.360. The van der Waals surface area contributed by atoms with E-state index in [1.165, 1.54) is 4.52 Å². The van der Waals surface area contributed by atoms with Crippen LogP contribution in [0.1, 0.15) is 11.1 Å². The van der Waals surface area contributed by atoms with E-state index < -0.39 is 0 Å². The molecule has 6 rings (SSSR count). The van der Waals surface area contributed by atoms with Crippen LogP contribution in [0.3, 0.4) is 0 Å². The molecule has 0 atom stereocenters. The van der Waals surface area contributed by atoms with Crippen LogP contribution in [0.15, 0.2) is 77.6 Å². The van der Waals surface area contributed by atoms with E-state index >= 15 is 0 Å². The molecule has 3 heterocycles. The maximum atomic E-state index is 13.6. The van der Waals surface area contributed by atoms with Crippen LogP contribution in [-0.4, -0.2) is 20.5 Å². The van der Waals surface area contributed by atoms with E-state index in [2.05, 4.69) is 10.1 Å². The molecule has 0 aliphatic carbocycles. The molecule has 166 valence electrons. The van der Waals surface area contributed by atoms with E-state index in [0.29, 0.717) is 43.0 Å². The maximum Gasteiger partial charge on any atom is 0.291 e. The maximum absolute atomic E-state index is 13.6. The number of para-hydroxylation sites is 1. The molecular formula is C25H14Cl2N4O2S. The summed E-state index contributed by atoms with van der Waals surface area (Å²) in [6.45, 7) is 0.411. The van der Waals surface area contributed by atoms with Gasteiger partial charge in [0.15, 0.2) is 5.82 Å². The van der Waals surface area contributed by atoms with E-state index in [1.807, 2.05) is 54.6 Å². The number of aromatic nitrogens is 3. The Labute approximate surface area is 207 Å². The molecule has 2 aromatic heterocycles. The molecule has 0 radical (unpaired) electrons. The minimum atomic E-state index is -0.386. The first kappa shape index (κ1) is 21.0. The summed E-state index contributed by atoms with van der Waals surface area (Å²) in [6, 6.07) is 22.3. The van der Waals surface area contributed by atoms with Crippen molar-refractivity contribution in [2.45, 2.75) is 6.54 Å². The number of halogens is 2. The van der Waals surface area contributed by atoms with Gasteiger partial charge in [0.2, 0.25) is 4.96 Å². The Balaban J connectivity index is 1.50. The summed E-state index contributed by atoms with van der Waals surface area (Å²) in [5.74, 6) is 0.109. The SMILES string of the molecule is O=C1C(=c2sc3nc(-c4ccc(Cl)cc4Cl)nn3c2=O)c2ccccc2N1Cc1ccccc1. The molecular weight excluding hydrogens is 491 g/mol. The Morgan fingerprint density at radius 1 is 0.882 bits per heavy atom. The van der Waals surface area contributed by atoms with Crippen LogP contribution in [0.2, 0.25) is 10.0 Å². The second kappa shape index (κ2) is 8.06. The summed E-state index contributed by atoms with van der Waals surface area (Å²) in [4.78, 5) is 33.5. The molecule has 1 aliphatic rings. The standard InChI is InChI=1S/C25H14Cl2N4O2S/c26-15-10-11-16(18(27)12-15)22-28-25-31(29-22)24(33)21(34-25)20-17-8-4-5-9-19(17)30(23(20)32)13-14-6-2-1-3-7-14/h1-12H,13H2. The zero-order chi connectivity index (χ0) is 23.4. The van der Waals surface area contributed by atoms with E-state index in [0.717, 1.165) is 28.2 Å². The summed E-state index contributed by atoms with van der Waals surface area (Å²) in [6.07, 6.45) is 0. The molecule has 0 bridgehead atoms. The molecule has 0 unspecified atom stereocenters. The highest BCUT2D eigenvalue weighted by Gasteiger charge is 2.34. The van der Waals surface area contributed by atoms with E-state index in [9.17, 15) is 9.59 Å². The van der Waals surface area contributed by atoms with Crippen LogP contribution >= 0.6 is 34.5 Å². The average molecular weight is 505 g/mol. The predicted octanol–water partition coefficient (Wildman–Crippen LogP) is 4.59. The topological polar surface area (TPSA) is 67.6 Å². The number of anilines is 1. The smallest absolute Gasteiger partial charge is 0.291 e. The van der Waals surface area contributed by atoms with Crippen molar-refractivity contribution >= 4 is 56.7 Å². The zero-order valence-electron chi connectivity index (χ0n) is 17.4. The summed E-state index contributed by atoms with van der Waals surface area (Å²) in [7, 11) is 0. The number of carbonyl (C=O) groups excluding carboxylic acids is 1. The third-order valence-corrected chi connectivity index (χ3v) is 7.24. The highest BCUT2D eigenvalue weighted by atomic mass is 35.5. The molecule has 34 heavy (non-hydrogen) atoms. The third-order valence-electron chi connectivity index (χ3n) is 5.66. The van der Waals surface area contributed by atoms with Gasteiger partial charge in [0, 0.05) is 16.1 Å². The highest BCUT2D eigenvalue weighted by molar-refractivity contribution is 7.15. The number of benzene rings is 3. The predicted molar refractivity (Wildman–Crippen MR) is 134 cm³/mol. The first-order valence-electron chi connectivity index (χ1n) is 10.4. The molecule has 1 aliphatic heterocycles. The molecule has 9 heteroatoms. The Morgan fingerprint density at radius 2 is 1.65 bits per heavy atom. The van der Waals surface area contributed by atoms with Crippen LogP contribution in [-0.2, 0) is 11.3 Å². The summed E-state index contributed by atoms with van der Waals surface area (Å²) in [5.41, 5.74) is 3.07. The molecule has 0 fully saturated rings. The van der Waals surface area contributed by atoms with Crippen molar-refractivity contribution in [1.82, 2.24) is 14.6 Å².